The number of hydrogen-bond donors (Lipinski definition) is 1. The summed E-state index contributed by atoms with van der Waals surface area (Å²) < 4.78 is 16.3. The zero-order valence-corrected chi connectivity index (χ0v) is 13.7. The van der Waals surface area contributed by atoms with E-state index in [0.717, 1.165) is 25.9 Å². The number of ether oxygens (including phenoxy) is 2. The minimum Gasteiger partial charge on any atom is -0.493 e. The van der Waals surface area contributed by atoms with E-state index in [1.54, 1.807) is 24.3 Å². The van der Waals surface area contributed by atoms with Gasteiger partial charge in [-0.15, -0.1) is 0 Å². The summed E-state index contributed by atoms with van der Waals surface area (Å²) in [5, 5.41) is 3.42. The molecular formula is C18H21NO5. The Morgan fingerprint density at radius 2 is 2.25 bits per heavy atom. The molecule has 1 aromatic carbocycles. The van der Waals surface area contributed by atoms with Crippen LogP contribution in [0.3, 0.4) is 0 Å². The largest absolute Gasteiger partial charge is 0.493 e. The van der Waals surface area contributed by atoms with Gasteiger partial charge >= 0.3 is 5.63 Å². The van der Waals surface area contributed by atoms with Gasteiger partial charge in [-0.2, -0.15) is 0 Å². The molecule has 0 saturated carbocycles. The molecule has 1 aliphatic rings. The fourth-order valence-electron chi connectivity index (χ4n) is 2.67. The zero-order chi connectivity index (χ0) is 16.9. The number of nitrogens with one attached hydrogen (secondary N) is 1. The van der Waals surface area contributed by atoms with E-state index in [1.165, 1.54) is 0 Å². The van der Waals surface area contributed by atoms with Gasteiger partial charge in [0.2, 0.25) is 0 Å². The third-order valence-electron chi connectivity index (χ3n) is 3.94. The Bertz CT molecular complexity index is 777. The first-order chi connectivity index (χ1) is 11.7. The van der Waals surface area contributed by atoms with Gasteiger partial charge in [0.1, 0.15) is 16.9 Å². The van der Waals surface area contributed by atoms with E-state index in [1.807, 2.05) is 6.92 Å². The molecule has 1 amide bonds. The molecule has 0 radical (unpaired) electrons. The number of hydrogen-bond acceptors (Lipinski definition) is 5. The second-order valence-corrected chi connectivity index (χ2v) is 5.84. The van der Waals surface area contributed by atoms with Crippen molar-refractivity contribution in [3.63, 3.8) is 0 Å². The van der Waals surface area contributed by atoms with Crippen LogP contribution in [0.5, 0.6) is 5.75 Å². The van der Waals surface area contributed by atoms with Gasteiger partial charge in [0.05, 0.1) is 12.7 Å². The first kappa shape index (κ1) is 16.5. The molecule has 0 bridgehead atoms. The lowest BCUT2D eigenvalue weighted by Crippen LogP contribution is -2.34. The average molecular weight is 331 g/mol. The van der Waals surface area contributed by atoms with Crippen molar-refractivity contribution in [1.82, 2.24) is 5.32 Å². The van der Waals surface area contributed by atoms with Gasteiger partial charge in [-0.05, 0) is 37.5 Å². The second kappa shape index (κ2) is 7.49. The molecule has 3 rings (SSSR count). The fourth-order valence-corrected chi connectivity index (χ4v) is 2.67. The monoisotopic (exact) mass is 331 g/mol. The maximum Gasteiger partial charge on any atom is 0.349 e. The van der Waals surface area contributed by atoms with E-state index < -0.39 is 11.5 Å². The Labute approximate surface area is 139 Å². The lowest BCUT2D eigenvalue weighted by atomic mass is 10.1. The average Bonchev–Trinajstić information content (AvgIpc) is 3.10. The molecule has 0 unspecified atom stereocenters. The molecule has 2 aromatic rings. The molecule has 1 aliphatic heterocycles. The summed E-state index contributed by atoms with van der Waals surface area (Å²) in [7, 11) is 0. The third kappa shape index (κ3) is 3.76. The molecule has 1 atom stereocenters. The Hall–Kier alpha value is -2.34. The standard InChI is InChI=1S/C18H21NO5/c1-2-7-22-13-6-5-12-9-15(18(21)24-16(12)10-13)17(20)19-11-14-4-3-8-23-14/h5-6,9-10,14H,2-4,7-8,11H2,1H3,(H,19,20)/t14-/m1/s1. The summed E-state index contributed by atoms with van der Waals surface area (Å²) in [6.07, 6.45) is 2.85. The minimum absolute atomic E-state index is 0.00252. The second-order valence-electron chi connectivity index (χ2n) is 5.84. The van der Waals surface area contributed by atoms with Crippen molar-refractivity contribution in [2.24, 2.45) is 0 Å². The van der Waals surface area contributed by atoms with E-state index in [2.05, 4.69) is 5.32 Å². The molecule has 1 fully saturated rings. The van der Waals surface area contributed by atoms with Crippen LogP contribution >= 0.6 is 0 Å². The molecule has 6 heteroatoms. The van der Waals surface area contributed by atoms with Crippen molar-refractivity contribution in [2.45, 2.75) is 32.3 Å². The highest BCUT2D eigenvalue weighted by molar-refractivity contribution is 5.96. The maximum absolute atomic E-state index is 12.2. The normalized spacial score (nSPS) is 17.1. The lowest BCUT2D eigenvalue weighted by molar-refractivity contribution is 0.0855. The van der Waals surface area contributed by atoms with Crippen LogP contribution in [0.1, 0.15) is 36.5 Å². The lowest BCUT2D eigenvalue weighted by Gasteiger charge is -2.10. The maximum atomic E-state index is 12.2. The fraction of sp³-hybridized carbons (Fsp3) is 0.444. The van der Waals surface area contributed by atoms with Crippen molar-refractivity contribution < 1.29 is 18.7 Å². The quantitative estimate of drug-likeness (QED) is 0.823. The van der Waals surface area contributed by atoms with Crippen LogP contribution in [-0.2, 0) is 4.74 Å². The van der Waals surface area contributed by atoms with Gasteiger partial charge in [0.25, 0.3) is 5.91 Å². The summed E-state index contributed by atoms with van der Waals surface area (Å²) in [6, 6.07) is 6.79. The van der Waals surface area contributed by atoms with E-state index in [9.17, 15) is 9.59 Å². The van der Waals surface area contributed by atoms with Gasteiger partial charge in [-0.3, -0.25) is 4.79 Å². The zero-order valence-electron chi connectivity index (χ0n) is 13.7. The highest BCUT2D eigenvalue weighted by atomic mass is 16.5. The SMILES string of the molecule is CCCOc1ccc2cc(C(=O)NC[C@H]3CCCO3)c(=O)oc2c1. The van der Waals surface area contributed by atoms with Crippen LogP contribution in [0.2, 0.25) is 0 Å². The Kier molecular flexibility index (Phi) is 5.15. The molecule has 0 aliphatic carbocycles. The van der Waals surface area contributed by atoms with E-state index in [4.69, 9.17) is 13.9 Å². The van der Waals surface area contributed by atoms with E-state index >= 15 is 0 Å². The smallest absolute Gasteiger partial charge is 0.349 e. The van der Waals surface area contributed by atoms with Gasteiger partial charge in [-0.25, -0.2) is 4.79 Å². The summed E-state index contributed by atoms with van der Waals surface area (Å²) in [5.74, 6) is 0.204. The summed E-state index contributed by atoms with van der Waals surface area (Å²) in [6.45, 7) is 3.74. The molecule has 24 heavy (non-hydrogen) atoms. The van der Waals surface area contributed by atoms with Crippen molar-refractivity contribution in [3.8, 4) is 5.75 Å². The van der Waals surface area contributed by atoms with Crippen LogP contribution in [0, 0.1) is 0 Å². The topological polar surface area (TPSA) is 77.8 Å². The van der Waals surface area contributed by atoms with Gasteiger partial charge in [0.15, 0.2) is 0 Å². The van der Waals surface area contributed by atoms with E-state index in [-0.39, 0.29) is 11.7 Å². The molecule has 1 saturated heterocycles. The van der Waals surface area contributed by atoms with Gasteiger partial charge in [0, 0.05) is 24.6 Å². The highest BCUT2D eigenvalue weighted by Crippen LogP contribution is 2.20. The first-order valence-electron chi connectivity index (χ1n) is 8.28. The van der Waals surface area contributed by atoms with Gasteiger partial charge in [-0.1, -0.05) is 6.92 Å². The number of amides is 1. The molecular weight excluding hydrogens is 310 g/mol. The van der Waals surface area contributed by atoms with Crippen LogP contribution < -0.4 is 15.7 Å². The predicted octanol–water partition coefficient (Wildman–Crippen LogP) is 2.49. The van der Waals surface area contributed by atoms with Crippen molar-refractivity contribution in [3.05, 3.63) is 40.2 Å². The first-order valence-corrected chi connectivity index (χ1v) is 8.28. The predicted molar refractivity (Wildman–Crippen MR) is 89.6 cm³/mol. The van der Waals surface area contributed by atoms with Crippen molar-refractivity contribution >= 4 is 16.9 Å². The van der Waals surface area contributed by atoms with Gasteiger partial charge < -0.3 is 19.2 Å². The molecule has 1 aromatic heterocycles. The molecule has 2 heterocycles. The van der Waals surface area contributed by atoms with Crippen LogP contribution in [0.25, 0.3) is 11.0 Å². The van der Waals surface area contributed by atoms with Crippen molar-refractivity contribution in [1.29, 1.82) is 0 Å². The van der Waals surface area contributed by atoms with Crippen molar-refractivity contribution in [2.75, 3.05) is 19.8 Å². The minimum atomic E-state index is -0.653. The molecule has 128 valence electrons. The third-order valence-corrected chi connectivity index (χ3v) is 3.94. The van der Waals surface area contributed by atoms with Crippen LogP contribution in [0.4, 0.5) is 0 Å². The number of carbonyl (C=O) groups is 1. The number of fused-ring (bicyclic) bond motifs is 1. The Balaban J connectivity index is 1.76. The van der Waals surface area contributed by atoms with E-state index in [0.29, 0.717) is 29.9 Å². The number of rotatable bonds is 6. The number of carbonyl (C=O) groups excluding carboxylic acids is 1. The molecule has 6 nitrogen and oxygen atoms in total. The Morgan fingerprint density at radius 1 is 1.38 bits per heavy atom. The highest BCUT2D eigenvalue weighted by Gasteiger charge is 2.19. The summed E-state index contributed by atoms with van der Waals surface area (Å²) in [5.41, 5.74) is -0.244. The van der Waals surface area contributed by atoms with Crippen LogP contribution in [-0.4, -0.2) is 31.8 Å². The summed E-state index contributed by atoms with van der Waals surface area (Å²) in [4.78, 5) is 24.3. The number of benzene rings is 1. The molecule has 0 spiro atoms. The molecule has 1 N–H and O–H groups in total. The Morgan fingerprint density at radius 3 is 3.00 bits per heavy atom. The van der Waals surface area contributed by atoms with Crippen LogP contribution in [0.15, 0.2) is 33.5 Å². The summed E-state index contributed by atoms with van der Waals surface area (Å²) >= 11 is 0.